The monoisotopic (exact) mass is 583 g/mol. The molecule has 7 nitrogen and oxygen atoms in total. The van der Waals surface area contributed by atoms with Crippen molar-refractivity contribution in [3.8, 4) is 5.75 Å². The standard InChI is InChI=1S/C28H30BrN3O4S/c1-6-11-32-22-14-23(36-5)18(12-21(22)17(2)15-28(32,3)4)13-24-26(34)31(27(35)37-24)16-25(33)30-20-9-7-19(29)8-10-20/h7-10,12-15H,6,11,16H2,1-5H3,(H,30,33)/b24-13+. The number of allylic oxidation sites excluding steroid dienone is 1. The molecule has 0 aromatic heterocycles. The van der Waals surface area contributed by atoms with E-state index in [2.05, 4.69) is 59.9 Å². The molecule has 0 unspecified atom stereocenters. The van der Waals surface area contributed by atoms with Crippen LogP contribution in [0.2, 0.25) is 0 Å². The molecule has 3 amide bonds. The maximum Gasteiger partial charge on any atom is 0.294 e. The predicted molar refractivity (Wildman–Crippen MR) is 154 cm³/mol. The van der Waals surface area contributed by atoms with Crippen LogP contribution in [0.4, 0.5) is 16.2 Å². The first-order valence-electron chi connectivity index (χ1n) is 12.0. The van der Waals surface area contributed by atoms with Crippen LogP contribution < -0.4 is 15.0 Å². The van der Waals surface area contributed by atoms with Gasteiger partial charge in [0.25, 0.3) is 11.1 Å². The van der Waals surface area contributed by atoms with Gasteiger partial charge < -0.3 is 15.0 Å². The molecule has 2 heterocycles. The van der Waals surface area contributed by atoms with Crippen LogP contribution in [-0.4, -0.2) is 47.7 Å². The molecular formula is C28H30BrN3O4S. The second-order valence-electron chi connectivity index (χ2n) is 9.57. The Morgan fingerprint density at radius 1 is 1.19 bits per heavy atom. The molecule has 0 radical (unpaired) electrons. The van der Waals surface area contributed by atoms with Gasteiger partial charge in [0.2, 0.25) is 5.91 Å². The van der Waals surface area contributed by atoms with Gasteiger partial charge in [-0.2, -0.15) is 0 Å². The van der Waals surface area contributed by atoms with Gasteiger partial charge in [-0.3, -0.25) is 19.3 Å². The van der Waals surface area contributed by atoms with Crippen molar-refractivity contribution in [1.29, 1.82) is 0 Å². The molecular weight excluding hydrogens is 554 g/mol. The summed E-state index contributed by atoms with van der Waals surface area (Å²) in [5.74, 6) is -0.330. The number of fused-ring (bicyclic) bond motifs is 1. The number of thioether (sulfide) groups is 1. The van der Waals surface area contributed by atoms with Gasteiger partial charge in [-0.25, -0.2) is 0 Å². The number of nitrogens with one attached hydrogen (secondary N) is 1. The third-order valence-electron chi connectivity index (χ3n) is 6.37. The summed E-state index contributed by atoms with van der Waals surface area (Å²) in [7, 11) is 1.60. The lowest BCUT2D eigenvalue weighted by Crippen LogP contribution is -2.45. The second-order valence-corrected chi connectivity index (χ2v) is 11.5. The average molecular weight is 585 g/mol. The van der Waals surface area contributed by atoms with E-state index in [0.717, 1.165) is 50.9 Å². The molecule has 9 heteroatoms. The highest BCUT2D eigenvalue weighted by Gasteiger charge is 2.37. The Labute approximate surface area is 230 Å². The van der Waals surface area contributed by atoms with Crippen LogP contribution in [-0.2, 0) is 9.59 Å². The quantitative estimate of drug-likeness (QED) is 0.372. The van der Waals surface area contributed by atoms with E-state index in [4.69, 9.17) is 4.74 Å². The van der Waals surface area contributed by atoms with Crippen LogP contribution >= 0.6 is 27.7 Å². The van der Waals surface area contributed by atoms with E-state index in [1.54, 1.807) is 37.5 Å². The molecule has 0 spiro atoms. The Balaban J connectivity index is 1.60. The number of hydrogen-bond acceptors (Lipinski definition) is 6. The summed E-state index contributed by atoms with van der Waals surface area (Å²) in [6.45, 7) is 9.16. The molecule has 37 heavy (non-hydrogen) atoms. The van der Waals surface area contributed by atoms with Crippen molar-refractivity contribution < 1.29 is 19.1 Å². The number of anilines is 2. The average Bonchev–Trinajstić information content (AvgIpc) is 3.10. The molecule has 0 saturated carbocycles. The maximum absolute atomic E-state index is 13.1. The second kappa shape index (κ2) is 10.8. The van der Waals surface area contributed by atoms with Crippen molar-refractivity contribution in [2.75, 3.05) is 30.4 Å². The highest BCUT2D eigenvalue weighted by molar-refractivity contribution is 9.10. The molecule has 2 aromatic carbocycles. The van der Waals surface area contributed by atoms with E-state index < -0.39 is 17.1 Å². The Morgan fingerprint density at radius 2 is 1.89 bits per heavy atom. The molecule has 2 aliphatic heterocycles. The van der Waals surface area contributed by atoms with Crippen molar-refractivity contribution in [3.63, 3.8) is 0 Å². The molecule has 194 valence electrons. The lowest BCUT2D eigenvalue weighted by atomic mass is 9.87. The summed E-state index contributed by atoms with van der Waals surface area (Å²) in [5.41, 5.74) is 4.43. The summed E-state index contributed by atoms with van der Waals surface area (Å²) >= 11 is 4.17. The zero-order valence-electron chi connectivity index (χ0n) is 21.6. The Morgan fingerprint density at radius 3 is 2.54 bits per heavy atom. The fourth-order valence-electron chi connectivity index (χ4n) is 4.70. The van der Waals surface area contributed by atoms with Crippen molar-refractivity contribution in [1.82, 2.24) is 4.90 Å². The van der Waals surface area contributed by atoms with E-state index in [-0.39, 0.29) is 17.0 Å². The number of carbonyl (C=O) groups is 3. The molecule has 0 atom stereocenters. The van der Waals surface area contributed by atoms with E-state index in [9.17, 15) is 14.4 Å². The first-order valence-corrected chi connectivity index (χ1v) is 13.6. The van der Waals surface area contributed by atoms with Crippen molar-refractivity contribution in [3.05, 3.63) is 63.0 Å². The van der Waals surface area contributed by atoms with Crippen molar-refractivity contribution in [2.24, 2.45) is 0 Å². The number of benzene rings is 2. The van der Waals surface area contributed by atoms with Gasteiger partial charge in [0, 0.05) is 39.6 Å². The van der Waals surface area contributed by atoms with Crippen LogP contribution in [0.1, 0.15) is 45.2 Å². The normalized spacial score (nSPS) is 17.7. The number of carbonyl (C=O) groups excluding carboxylic acids is 3. The highest BCUT2D eigenvalue weighted by Crippen LogP contribution is 2.43. The Bertz CT molecular complexity index is 1320. The predicted octanol–water partition coefficient (Wildman–Crippen LogP) is 6.54. The van der Waals surface area contributed by atoms with Gasteiger partial charge in [-0.1, -0.05) is 28.9 Å². The minimum Gasteiger partial charge on any atom is -0.496 e. The lowest BCUT2D eigenvalue weighted by molar-refractivity contribution is -0.127. The molecule has 2 aliphatic rings. The van der Waals surface area contributed by atoms with Crippen molar-refractivity contribution >= 4 is 67.8 Å². The number of amides is 3. The van der Waals surface area contributed by atoms with Gasteiger partial charge in [0.15, 0.2) is 0 Å². The van der Waals surface area contributed by atoms with Crippen LogP contribution in [0.25, 0.3) is 11.6 Å². The summed E-state index contributed by atoms with van der Waals surface area (Å²) in [4.78, 5) is 41.8. The van der Waals surface area contributed by atoms with Gasteiger partial charge in [-0.05, 0) is 80.9 Å². The number of ether oxygens (including phenoxy) is 1. The SMILES string of the molecule is CCCN1c2cc(OC)c(/C=C3/SC(=O)N(CC(=O)Nc4ccc(Br)cc4)C3=O)cc2C(C)=CC1(C)C. The number of imide groups is 1. The zero-order valence-corrected chi connectivity index (χ0v) is 24.0. The summed E-state index contributed by atoms with van der Waals surface area (Å²) in [5, 5.41) is 2.23. The summed E-state index contributed by atoms with van der Waals surface area (Å²) in [6.07, 6.45) is 4.93. The zero-order chi connectivity index (χ0) is 26.9. The highest BCUT2D eigenvalue weighted by atomic mass is 79.9. The first kappa shape index (κ1) is 27.0. The number of rotatable bonds is 7. The number of hydrogen-bond donors (Lipinski definition) is 1. The largest absolute Gasteiger partial charge is 0.496 e. The molecule has 4 rings (SSSR count). The number of nitrogens with zero attached hydrogens (tertiary/aromatic N) is 2. The third kappa shape index (κ3) is 5.62. The van der Waals surface area contributed by atoms with Gasteiger partial charge in [0.1, 0.15) is 12.3 Å². The summed E-state index contributed by atoms with van der Waals surface area (Å²) in [6, 6.07) is 11.1. The maximum atomic E-state index is 13.1. The minimum absolute atomic E-state index is 0.140. The molecule has 2 aromatic rings. The van der Waals surface area contributed by atoms with Gasteiger partial charge in [-0.15, -0.1) is 0 Å². The Hall–Kier alpha value is -3.04. The topological polar surface area (TPSA) is 79.0 Å². The van der Waals surface area contributed by atoms with Crippen LogP contribution in [0.3, 0.4) is 0 Å². The first-order chi connectivity index (χ1) is 17.5. The molecule has 0 aliphatic carbocycles. The summed E-state index contributed by atoms with van der Waals surface area (Å²) < 4.78 is 6.58. The molecule has 1 N–H and O–H groups in total. The van der Waals surface area contributed by atoms with Gasteiger partial charge in [0.05, 0.1) is 17.6 Å². The molecule has 0 bridgehead atoms. The molecule has 1 saturated heterocycles. The van der Waals surface area contributed by atoms with Gasteiger partial charge >= 0.3 is 0 Å². The van der Waals surface area contributed by atoms with Crippen LogP contribution in [0.15, 0.2) is 51.9 Å². The number of methoxy groups -OCH3 is 1. The lowest BCUT2D eigenvalue weighted by Gasteiger charge is -2.43. The smallest absolute Gasteiger partial charge is 0.294 e. The van der Waals surface area contributed by atoms with E-state index in [0.29, 0.717) is 17.0 Å². The van der Waals surface area contributed by atoms with Crippen LogP contribution in [0, 0.1) is 0 Å². The molecule has 1 fully saturated rings. The fourth-order valence-corrected chi connectivity index (χ4v) is 5.79. The number of halogens is 1. The van der Waals surface area contributed by atoms with Crippen molar-refractivity contribution in [2.45, 2.75) is 39.7 Å². The fraction of sp³-hybridized carbons (Fsp3) is 0.321. The third-order valence-corrected chi connectivity index (χ3v) is 7.80. The van der Waals surface area contributed by atoms with E-state index >= 15 is 0 Å². The van der Waals surface area contributed by atoms with E-state index in [1.165, 1.54) is 0 Å². The minimum atomic E-state index is -0.498. The van der Waals surface area contributed by atoms with E-state index in [1.807, 2.05) is 12.1 Å². The van der Waals surface area contributed by atoms with Crippen LogP contribution in [0.5, 0.6) is 5.75 Å². The Kier molecular flexibility index (Phi) is 7.85.